The Bertz CT molecular complexity index is 1590. The smallest absolute Gasteiger partial charge is 0.261 e. The molecule has 262 valence electrons. The Hall–Kier alpha value is -3.35. The second kappa shape index (κ2) is 17.3. The summed E-state index contributed by atoms with van der Waals surface area (Å²) in [6, 6.07) is 18.0. The highest BCUT2D eigenvalue weighted by Gasteiger charge is 2.30. The summed E-state index contributed by atoms with van der Waals surface area (Å²) in [5, 5.41) is 10.7. The number of aliphatic hydroxyl groups excluding tert-OH is 1. The first-order valence-corrected chi connectivity index (χ1v) is 18.2. The van der Waals surface area contributed by atoms with E-state index in [0.29, 0.717) is 37.0 Å². The number of hydrogen-bond acceptors (Lipinski definition) is 8. The van der Waals surface area contributed by atoms with Crippen LogP contribution in [-0.2, 0) is 21.3 Å². The summed E-state index contributed by atoms with van der Waals surface area (Å²) in [5.74, 6) is 0.688. The van der Waals surface area contributed by atoms with Crippen LogP contribution in [-0.4, -0.2) is 87.9 Å². The van der Waals surface area contributed by atoms with E-state index in [-0.39, 0.29) is 46.8 Å². The maximum absolute atomic E-state index is 14.4. The van der Waals surface area contributed by atoms with Gasteiger partial charge in [0.05, 0.1) is 42.4 Å². The molecule has 0 aromatic heterocycles. The van der Waals surface area contributed by atoms with Crippen LogP contribution in [0.4, 0.5) is 5.69 Å². The average molecular weight is 702 g/mol. The van der Waals surface area contributed by atoms with Crippen LogP contribution < -0.4 is 14.2 Å². The zero-order valence-electron chi connectivity index (χ0n) is 28.4. The number of fused-ring (bicyclic) bond motifs is 1. The summed E-state index contributed by atoms with van der Waals surface area (Å²) in [6.07, 6.45) is 2.08. The lowest BCUT2D eigenvalue weighted by molar-refractivity contribution is -0.0177. The molecule has 1 amide bonds. The molecule has 4 atom stereocenters. The van der Waals surface area contributed by atoms with Crippen molar-refractivity contribution >= 4 is 33.2 Å². The fourth-order valence-corrected chi connectivity index (χ4v) is 6.87. The molecule has 0 bridgehead atoms. The molecule has 1 heterocycles. The van der Waals surface area contributed by atoms with Crippen molar-refractivity contribution in [3.05, 3.63) is 82.9 Å². The van der Waals surface area contributed by atoms with Crippen LogP contribution in [0.15, 0.2) is 71.6 Å². The molecule has 10 nitrogen and oxygen atoms in total. The summed E-state index contributed by atoms with van der Waals surface area (Å²) in [6.45, 7) is 7.77. The lowest BCUT2D eigenvalue weighted by Gasteiger charge is -2.36. The van der Waals surface area contributed by atoms with Gasteiger partial charge in [-0.05, 0) is 100 Å². The van der Waals surface area contributed by atoms with E-state index in [1.165, 1.54) is 30.3 Å². The summed E-state index contributed by atoms with van der Waals surface area (Å²) >= 11 is 5.96. The number of rotatable bonds is 10. The predicted octanol–water partition coefficient (Wildman–Crippen LogP) is 6.08. The molecule has 12 heteroatoms. The van der Waals surface area contributed by atoms with Gasteiger partial charge in [-0.25, -0.2) is 8.42 Å². The SMILES string of the molecule is COc1ccc(CN(C)C[C@H]2OCCCC[C@@H](C)Oc3ccc(NS(=O)(=O)c4ccc(Cl)cc4)cc3C(=O)N([C@H](C)CO)C[C@@H]2C)cc1. The Morgan fingerprint density at radius 2 is 1.79 bits per heavy atom. The van der Waals surface area contributed by atoms with E-state index >= 15 is 0 Å². The Morgan fingerprint density at radius 1 is 1.08 bits per heavy atom. The molecule has 1 aliphatic heterocycles. The molecule has 0 saturated carbocycles. The van der Waals surface area contributed by atoms with Crippen molar-refractivity contribution in [2.45, 2.75) is 69.7 Å². The van der Waals surface area contributed by atoms with Gasteiger partial charge in [0.25, 0.3) is 15.9 Å². The lowest BCUT2D eigenvalue weighted by atomic mass is 10.0. The first kappa shape index (κ1) is 37.5. The molecule has 48 heavy (non-hydrogen) atoms. The third-order valence-electron chi connectivity index (χ3n) is 8.53. The van der Waals surface area contributed by atoms with Crippen molar-refractivity contribution in [1.29, 1.82) is 0 Å². The Kier molecular flexibility index (Phi) is 13.5. The number of likely N-dealkylation sites (N-methyl/N-ethyl adjacent to an activating group) is 1. The number of hydrogen-bond donors (Lipinski definition) is 2. The quantitative estimate of drug-likeness (QED) is 0.262. The van der Waals surface area contributed by atoms with Gasteiger partial charge in [-0.3, -0.25) is 14.4 Å². The van der Waals surface area contributed by atoms with Crippen LogP contribution in [0.25, 0.3) is 0 Å². The van der Waals surface area contributed by atoms with E-state index < -0.39 is 16.1 Å². The minimum atomic E-state index is -3.96. The molecule has 0 saturated heterocycles. The van der Waals surface area contributed by atoms with E-state index in [1.807, 2.05) is 38.2 Å². The molecule has 0 radical (unpaired) electrons. The van der Waals surface area contributed by atoms with Crippen LogP contribution in [0, 0.1) is 5.92 Å². The number of nitrogens with zero attached hydrogens (tertiary/aromatic N) is 2. The standard InChI is InChI=1S/C36H48ClN3O7S/c1-25-21-40(26(2)24-41)36(42)33-20-30(38-48(43,44)32-16-11-29(37)12-17-32)13-18-34(33)47-27(3)8-6-7-19-46-35(25)23-39(4)22-28-9-14-31(45-5)15-10-28/h9-18,20,25-27,35,38,41H,6-8,19,21-24H2,1-5H3/t25-,26+,27+,35+/m0/s1. The number of carbonyl (C=O) groups is 1. The predicted molar refractivity (Wildman–Crippen MR) is 188 cm³/mol. The molecule has 0 spiro atoms. The zero-order valence-corrected chi connectivity index (χ0v) is 30.0. The molecule has 3 aromatic carbocycles. The largest absolute Gasteiger partial charge is 0.497 e. The number of anilines is 1. The van der Waals surface area contributed by atoms with Crippen molar-refractivity contribution < 1.29 is 32.5 Å². The number of halogens is 1. The molecule has 0 fully saturated rings. The van der Waals surface area contributed by atoms with Gasteiger partial charge in [0.1, 0.15) is 11.5 Å². The minimum Gasteiger partial charge on any atom is -0.497 e. The van der Waals surface area contributed by atoms with Gasteiger partial charge in [-0.1, -0.05) is 30.7 Å². The van der Waals surface area contributed by atoms with Gasteiger partial charge >= 0.3 is 0 Å². The summed E-state index contributed by atoms with van der Waals surface area (Å²) in [7, 11) is -0.268. The van der Waals surface area contributed by atoms with Crippen molar-refractivity contribution in [3.63, 3.8) is 0 Å². The van der Waals surface area contributed by atoms with Crippen LogP contribution in [0.5, 0.6) is 11.5 Å². The highest BCUT2D eigenvalue weighted by molar-refractivity contribution is 7.92. The third-order valence-corrected chi connectivity index (χ3v) is 10.2. The number of methoxy groups -OCH3 is 1. The average Bonchev–Trinajstić information content (AvgIpc) is 3.06. The second-order valence-electron chi connectivity index (χ2n) is 12.6. The zero-order chi connectivity index (χ0) is 34.8. The molecule has 2 N–H and O–H groups in total. The molecule has 3 aromatic rings. The Labute approximate surface area is 290 Å². The van der Waals surface area contributed by atoms with Crippen molar-refractivity contribution in [2.24, 2.45) is 5.92 Å². The molecule has 0 aliphatic carbocycles. The Morgan fingerprint density at radius 3 is 2.46 bits per heavy atom. The number of aliphatic hydroxyl groups is 1. The number of amides is 1. The number of carbonyl (C=O) groups excluding carboxylic acids is 1. The number of nitrogens with one attached hydrogen (secondary N) is 1. The van der Waals surface area contributed by atoms with E-state index in [9.17, 15) is 18.3 Å². The Balaban J connectivity index is 1.62. The first-order chi connectivity index (χ1) is 22.9. The van der Waals surface area contributed by atoms with Gasteiger partial charge in [0.15, 0.2) is 0 Å². The van der Waals surface area contributed by atoms with E-state index in [0.717, 1.165) is 30.6 Å². The molecular weight excluding hydrogens is 654 g/mol. The van der Waals surface area contributed by atoms with Gasteiger partial charge in [0.2, 0.25) is 0 Å². The number of benzene rings is 3. The van der Waals surface area contributed by atoms with Crippen LogP contribution in [0.3, 0.4) is 0 Å². The molecule has 0 unspecified atom stereocenters. The molecular formula is C36H48ClN3O7S. The number of sulfonamides is 1. The first-order valence-electron chi connectivity index (χ1n) is 16.3. The van der Waals surface area contributed by atoms with Crippen molar-refractivity contribution in [3.8, 4) is 11.5 Å². The topological polar surface area (TPSA) is 118 Å². The van der Waals surface area contributed by atoms with Gasteiger partial charge in [0, 0.05) is 42.9 Å². The highest BCUT2D eigenvalue weighted by Crippen LogP contribution is 2.30. The summed E-state index contributed by atoms with van der Waals surface area (Å²) in [5.41, 5.74) is 1.56. The third kappa shape index (κ3) is 10.3. The van der Waals surface area contributed by atoms with Crippen LogP contribution in [0.1, 0.15) is 56.0 Å². The summed E-state index contributed by atoms with van der Waals surface area (Å²) in [4.78, 5) is 18.3. The van der Waals surface area contributed by atoms with Crippen molar-refractivity contribution in [1.82, 2.24) is 9.80 Å². The second-order valence-corrected chi connectivity index (χ2v) is 14.7. The summed E-state index contributed by atoms with van der Waals surface area (Å²) < 4.78 is 47.0. The highest BCUT2D eigenvalue weighted by atomic mass is 35.5. The van der Waals surface area contributed by atoms with E-state index in [4.69, 9.17) is 25.8 Å². The fraction of sp³-hybridized carbons (Fsp3) is 0.472. The monoisotopic (exact) mass is 701 g/mol. The van der Waals surface area contributed by atoms with Crippen molar-refractivity contribution in [2.75, 3.05) is 45.2 Å². The van der Waals surface area contributed by atoms with Gasteiger partial charge in [-0.2, -0.15) is 0 Å². The number of ether oxygens (including phenoxy) is 3. The maximum atomic E-state index is 14.4. The molecule has 4 rings (SSSR count). The van der Waals surface area contributed by atoms with E-state index in [1.54, 1.807) is 31.1 Å². The van der Waals surface area contributed by atoms with E-state index in [2.05, 4.69) is 16.5 Å². The van der Waals surface area contributed by atoms with Crippen LogP contribution >= 0.6 is 11.6 Å². The minimum absolute atomic E-state index is 0.0375. The maximum Gasteiger partial charge on any atom is 0.261 e. The lowest BCUT2D eigenvalue weighted by Crippen LogP contribution is -2.47. The fourth-order valence-electron chi connectivity index (χ4n) is 5.69. The normalized spacial score (nSPS) is 20.4. The van der Waals surface area contributed by atoms with Gasteiger partial charge in [-0.15, -0.1) is 0 Å². The van der Waals surface area contributed by atoms with Gasteiger partial charge < -0.3 is 24.2 Å². The molecule has 1 aliphatic rings. The van der Waals surface area contributed by atoms with Crippen LogP contribution in [0.2, 0.25) is 5.02 Å².